The molecule has 8 heteroatoms. The van der Waals surface area contributed by atoms with E-state index in [1.165, 1.54) is 14.2 Å². The second kappa shape index (κ2) is 7.27. The molecule has 2 bridgehead atoms. The Hall–Kier alpha value is -4.06. The molecule has 160 valence electrons. The van der Waals surface area contributed by atoms with Gasteiger partial charge < -0.3 is 18.9 Å². The molecular formula is C24H20N4O4. The first kappa shape index (κ1) is 21.2. The van der Waals surface area contributed by atoms with Crippen LogP contribution in [-0.4, -0.2) is 25.9 Å². The van der Waals surface area contributed by atoms with Gasteiger partial charge in [-0.25, -0.2) is 0 Å². The molecule has 1 N–H and O–H groups in total. The number of ether oxygens (including phenoxy) is 4. The maximum absolute atomic E-state index is 10.5. The number of methoxy groups -OCH3 is 2. The summed E-state index contributed by atoms with van der Waals surface area (Å²) in [5.41, 5.74) is -3.06. The van der Waals surface area contributed by atoms with Crippen molar-refractivity contribution in [1.82, 2.24) is 0 Å². The Morgan fingerprint density at radius 1 is 0.938 bits per heavy atom. The lowest BCUT2D eigenvalue weighted by molar-refractivity contribution is -0.253. The van der Waals surface area contributed by atoms with E-state index < -0.39 is 34.5 Å². The fraction of sp³-hybridized carbons (Fsp3) is 0.333. The van der Waals surface area contributed by atoms with E-state index in [9.17, 15) is 15.8 Å². The number of nitriles is 3. The molecular weight excluding hydrogens is 408 g/mol. The van der Waals surface area contributed by atoms with Crippen LogP contribution in [0.5, 0.6) is 11.5 Å². The smallest absolute Gasteiger partial charge is 0.218 e. The molecule has 2 aromatic carbocycles. The van der Waals surface area contributed by atoms with E-state index in [2.05, 4.69) is 6.07 Å². The van der Waals surface area contributed by atoms with Gasteiger partial charge in [0.2, 0.25) is 17.1 Å². The van der Waals surface area contributed by atoms with Gasteiger partial charge in [0.05, 0.1) is 38.3 Å². The van der Waals surface area contributed by atoms with Gasteiger partial charge in [-0.05, 0) is 11.6 Å². The quantitative estimate of drug-likeness (QED) is 0.782. The highest BCUT2D eigenvalue weighted by atomic mass is 16.7. The number of hydrogen-bond acceptors (Lipinski definition) is 8. The van der Waals surface area contributed by atoms with Gasteiger partial charge >= 0.3 is 0 Å². The molecule has 0 aromatic heterocycles. The van der Waals surface area contributed by atoms with Crippen molar-refractivity contribution < 1.29 is 18.9 Å². The third-order valence-electron chi connectivity index (χ3n) is 6.37. The molecule has 4 unspecified atom stereocenters. The molecule has 2 aliphatic heterocycles. The minimum atomic E-state index is -2.12. The summed E-state index contributed by atoms with van der Waals surface area (Å²) in [6, 6.07) is 20.2. The topological polar surface area (TPSA) is 132 Å². The lowest BCUT2D eigenvalue weighted by Crippen LogP contribution is -2.57. The summed E-state index contributed by atoms with van der Waals surface area (Å²) in [7, 11) is 2.91. The Morgan fingerprint density at radius 2 is 1.62 bits per heavy atom. The van der Waals surface area contributed by atoms with Crippen LogP contribution < -0.4 is 9.47 Å². The van der Waals surface area contributed by atoms with Crippen molar-refractivity contribution in [3.8, 4) is 29.7 Å². The molecule has 2 heterocycles. The lowest BCUT2D eigenvalue weighted by Gasteiger charge is -2.49. The number of rotatable bonds is 4. The van der Waals surface area contributed by atoms with Crippen molar-refractivity contribution in [3.63, 3.8) is 0 Å². The fourth-order valence-electron chi connectivity index (χ4n) is 5.03. The first-order valence-corrected chi connectivity index (χ1v) is 9.84. The molecule has 4 rings (SSSR count). The van der Waals surface area contributed by atoms with Gasteiger partial charge in [-0.2, -0.15) is 15.8 Å². The number of fused-ring (bicyclic) bond motifs is 2. The number of nitrogens with zero attached hydrogens (tertiary/aromatic N) is 3. The van der Waals surface area contributed by atoms with Crippen LogP contribution >= 0.6 is 0 Å². The van der Waals surface area contributed by atoms with Crippen molar-refractivity contribution in [3.05, 3.63) is 59.7 Å². The zero-order valence-corrected chi connectivity index (χ0v) is 17.7. The van der Waals surface area contributed by atoms with Gasteiger partial charge in [0.1, 0.15) is 6.10 Å². The standard InChI is InChI=1S/C24H20N4O4/c1-22-19(15-8-5-4-6-9-15)24(14-27,21(28)32-22)23(12-25,13-26)20(31-22)16-10-7-11-17(29-2)18(16)30-3/h4-11,19-20,28H,1-3H3. The van der Waals surface area contributed by atoms with Gasteiger partial charge in [0.15, 0.2) is 16.9 Å². The molecule has 8 nitrogen and oxygen atoms in total. The van der Waals surface area contributed by atoms with Crippen molar-refractivity contribution in [1.29, 1.82) is 21.2 Å². The highest BCUT2D eigenvalue weighted by Gasteiger charge is 2.80. The minimum absolute atomic E-state index is 0.274. The second-order valence-corrected chi connectivity index (χ2v) is 7.82. The molecule has 0 saturated carbocycles. The largest absolute Gasteiger partial charge is 0.493 e. The molecule has 2 aliphatic rings. The zero-order valence-electron chi connectivity index (χ0n) is 17.7. The summed E-state index contributed by atoms with van der Waals surface area (Å²) in [5, 5.41) is 40.0. The van der Waals surface area contributed by atoms with Crippen LogP contribution in [0, 0.1) is 50.2 Å². The van der Waals surface area contributed by atoms with Gasteiger partial charge in [-0.15, -0.1) is 0 Å². The summed E-state index contributed by atoms with van der Waals surface area (Å²) in [6.07, 6.45) is -1.25. The minimum Gasteiger partial charge on any atom is -0.493 e. The Kier molecular flexibility index (Phi) is 4.81. The monoisotopic (exact) mass is 428 g/mol. The Balaban J connectivity index is 2.06. The Labute approximate surface area is 185 Å². The maximum Gasteiger partial charge on any atom is 0.218 e. The molecule has 32 heavy (non-hydrogen) atoms. The van der Waals surface area contributed by atoms with Crippen LogP contribution in [0.25, 0.3) is 0 Å². The van der Waals surface area contributed by atoms with Crippen LogP contribution in [0.3, 0.4) is 0 Å². The van der Waals surface area contributed by atoms with Crippen LogP contribution in [0.15, 0.2) is 48.5 Å². The first-order chi connectivity index (χ1) is 15.4. The average Bonchev–Trinajstić information content (AvgIpc) is 3.01. The fourth-order valence-corrected chi connectivity index (χ4v) is 5.03. The summed E-state index contributed by atoms with van der Waals surface area (Å²) in [4.78, 5) is 0. The van der Waals surface area contributed by atoms with Crippen molar-refractivity contribution in [2.45, 2.75) is 24.7 Å². The van der Waals surface area contributed by atoms with Gasteiger partial charge in [-0.3, -0.25) is 5.41 Å². The SMILES string of the molecule is COc1cccc(C2OC3(C)OC(=N)C(C#N)(C3c3ccccc3)C2(C#N)C#N)c1OC. The van der Waals surface area contributed by atoms with Crippen molar-refractivity contribution in [2.75, 3.05) is 14.2 Å². The molecule has 2 saturated heterocycles. The van der Waals surface area contributed by atoms with Crippen molar-refractivity contribution >= 4 is 5.90 Å². The van der Waals surface area contributed by atoms with Crippen LogP contribution in [0.4, 0.5) is 0 Å². The summed E-state index contributed by atoms with van der Waals surface area (Å²) >= 11 is 0. The van der Waals surface area contributed by atoms with Crippen molar-refractivity contribution in [2.24, 2.45) is 10.8 Å². The third kappa shape index (κ3) is 2.40. The Bertz CT molecular complexity index is 1200. The zero-order chi connectivity index (χ0) is 23.1. The predicted octanol–water partition coefficient (Wildman–Crippen LogP) is 3.83. The number of nitrogens with one attached hydrogen (secondary N) is 1. The highest BCUT2D eigenvalue weighted by molar-refractivity contribution is 5.90. The lowest BCUT2D eigenvalue weighted by atomic mass is 9.52. The number of benzene rings is 2. The Morgan fingerprint density at radius 3 is 2.19 bits per heavy atom. The second-order valence-electron chi connectivity index (χ2n) is 7.82. The van der Waals surface area contributed by atoms with E-state index >= 15 is 0 Å². The van der Waals surface area contributed by atoms with E-state index in [1.54, 1.807) is 49.4 Å². The molecule has 2 aromatic rings. The molecule has 0 spiro atoms. The van der Waals surface area contributed by atoms with E-state index in [1.807, 2.05) is 18.2 Å². The average molecular weight is 428 g/mol. The molecule has 0 aliphatic carbocycles. The third-order valence-corrected chi connectivity index (χ3v) is 6.37. The van der Waals surface area contributed by atoms with Crippen LogP contribution in [0.2, 0.25) is 0 Å². The number of para-hydroxylation sites is 1. The first-order valence-electron chi connectivity index (χ1n) is 9.84. The summed E-state index contributed by atoms with van der Waals surface area (Å²) < 4.78 is 23.1. The predicted molar refractivity (Wildman–Crippen MR) is 111 cm³/mol. The van der Waals surface area contributed by atoms with E-state index in [4.69, 9.17) is 24.4 Å². The van der Waals surface area contributed by atoms with E-state index in [-0.39, 0.29) is 5.75 Å². The molecule has 2 fully saturated rings. The van der Waals surface area contributed by atoms with E-state index in [0.29, 0.717) is 16.9 Å². The highest BCUT2D eigenvalue weighted by Crippen LogP contribution is 2.70. The number of hydrogen-bond donors (Lipinski definition) is 1. The van der Waals surface area contributed by atoms with Gasteiger partial charge in [0, 0.05) is 12.5 Å². The summed E-state index contributed by atoms with van der Waals surface area (Å²) in [6.45, 7) is 1.62. The van der Waals surface area contributed by atoms with E-state index in [0.717, 1.165) is 0 Å². The van der Waals surface area contributed by atoms with Gasteiger partial charge in [0.25, 0.3) is 0 Å². The molecule has 0 radical (unpaired) electrons. The van der Waals surface area contributed by atoms with Crippen LogP contribution in [0.1, 0.15) is 30.1 Å². The summed E-state index contributed by atoms with van der Waals surface area (Å²) in [5.74, 6) is -2.19. The molecule has 4 atom stereocenters. The maximum atomic E-state index is 10.5. The van der Waals surface area contributed by atoms with Gasteiger partial charge in [-0.1, -0.05) is 42.5 Å². The van der Waals surface area contributed by atoms with Crippen LogP contribution in [-0.2, 0) is 9.47 Å². The molecule has 0 amide bonds. The normalized spacial score (nSPS) is 29.7.